The summed E-state index contributed by atoms with van der Waals surface area (Å²) < 4.78 is 39.5. The molecule has 10 heteroatoms. The Bertz CT molecular complexity index is 828. The minimum absolute atomic E-state index is 0.00256. The van der Waals surface area contributed by atoms with Crippen LogP contribution in [0.4, 0.5) is 30.8 Å². The third-order valence-corrected chi connectivity index (χ3v) is 4.02. The second-order valence-corrected chi connectivity index (χ2v) is 6.01. The van der Waals surface area contributed by atoms with Gasteiger partial charge in [0, 0.05) is 24.8 Å². The van der Waals surface area contributed by atoms with Crippen molar-refractivity contribution >= 4 is 23.6 Å². The zero-order valence-corrected chi connectivity index (χ0v) is 13.8. The molecule has 1 aliphatic rings. The van der Waals surface area contributed by atoms with E-state index in [4.69, 9.17) is 5.11 Å². The first-order valence-corrected chi connectivity index (χ1v) is 7.89. The molecule has 0 radical (unpaired) electrons. The predicted molar refractivity (Wildman–Crippen MR) is 87.3 cm³/mol. The van der Waals surface area contributed by atoms with Gasteiger partial charge in [-0.05, 0) is 31.0 Å². The van der Waals surface area contributed by atoms with E-state index in [-0.39, 0.29) is 30.0 Å². The fourth-order valence-corrected chi connectivity index (χ4v) is 2.54. The molecule has 0 aromatic carbocycles. The Morgan fingerprint density at radius 1 is 1.35 bits per heavy atom. The van der Waals surface area contributed by atoms with Crippen LogP contribution in [0.15, 0.2) is 24.4 Å². The van der Waals surface area contributed by atoms with Crippen molar-refractivity contribution in [3.05, 3.63) is 35.7 Å². The fraction of sp³-hybridized carbons (Fsp3) is 0.375. The molecule has 1 fully saturated rings. The Morgan fingerprint density at radius 2 is 2.12 bits per heavy atom. The third-order valence-electron chi connectivity index (χ3n) is 4.02. The Kier molecular flexibility index (Phi) is 4.66. The van der Waals surface area contributed by atoms with Crippen molar-refractivity contribution in [2.24, 2.45) is 0 Å². The van der Waals surface area contributed by atoms with Gasteiger partial charge in [-0.15, -0.1) is 0 Å². The van der Waals surface area contributed by atoms with E-state index in [9.17, 15) is 18.0 Å². The molecular weight excluding hydrogens is 351 g/mol. The molecule has 0 spiro atoms. The highest BCUT2D eigenvalue weighted by Crippen LogP contribution is 2.32. The maximum atomic E-state index is 13.2. The van der Waals surface area contributed by atoms with E-state index in [2.05, 4.69) is 20.3 Å². The van der Waals surface area contributed by atoms with Crippen molar-refractivity contribution in [1.29, 1.82) is 0 Å². The molecule has 2 N–H and O–H groups in total. The Hall–Kier alpha value is -2.91. The zero-order chi connectivity index (χ0) is 18.9. The number of carbonyl (C=O) groups is 1. The van der Waals surface area contributed by atoms with Crippen LogP contribution in [-0.2, 0) is 17.4 Å². The molecule has 3 heterocycles. The molecule has 0 aliphatic carbocycles. The lowest BCUT2D eigenvalue weighted by molar-refractivity contribution is -0.141. The molecule has 0 saturated carbocycles. The summed E-state index contributed by atoms with van der Waals surface area (Å²) in [5.74, 6) is -0.861. The first-order valence-electron chi connectivity index (χ1n) is 7.89. The average molecular weight is 367 g/mol. The van der Waals surface area contributed by atoms with Gasteiger partial charge < -0.3 is 15.3 Å². The second-order valence-electron chi connectivity index (χ2n) is 6.01. The van der Waals surface area contributed by atoms with Gasteiger partial charge in [0.15, 0.2) is 5.69 Å². The van der Waals surface area contributed by atoms with Gasteiger partial charge in [-0.1, -0.05) is 0 Å². The predicted octanol–water partition coefficient (Wildman–Crippen LogP) is 2.86. The minimum Gasteiger partial charge on any atom is -0.481 e. The van der Waals surface area contributed by atoms with Crippen molar-refractivity contribution < 1.29 is 23.1 Å². The summed E-state index contributed by atoms with van der Waals surface area (Å²) in [6, 6.07) is 3.85. The van der Waals surface area contributed by atoms with Gasteiger partial charge in [-0.2, -0.15) is 18.2 Å². The number of rotatable bonds is 5. The van der Waals surface area contributed by atoms with E-state index < -0.39 is 17.8 Å². The zero-order valence-electron chi connectivity index (χ0n) is 13.8. The first-order chi connectivity index (χ1) is 12.2. The number of hydrogen-bond acceptors (Lipinski definition) is 6. The molecule has 3 rings (SSSR count). The van der Waals surface area contributed by atoms with Gasteiger partial charge in [0.05, 0.1) is 6.42 Å². The monoisotopic (exact) mass is 367 g/mol. The number of alkyl halides is 3. The molecule has 0 unspecified atom stereocenters. The van der Waals surface area contributed by atoms with Crippen LogP contribution < -0.4 is 10.2 Å². The maximum Gasteiger partial charge on any atom is 0.433 e. The van der Waals surface area contributed by atoms with Crippen LogP contribution in [0.2, 0.25) is 0 Å². The highest BCUT2D eigenvalue weighted by atomic mass is 19.4. The highest BCUT2D eigenvalue weighted by molar-refractivity contribution is 5.70. The molecule has 138 valence electrons. The number of anilines is 3. The standard InChI is InChI=1S/C16H16F3N5O2/c1-9-3-5-24(9)15-21-11(16(17,18)19)8-13(23-15)22-12-6-10(2-4-20-12)7-14(25)26/h2,4,6,8-9H,3,5,7H2,1H3,(H,25,26)(H,20,21,22,23)/t9-/m0/s1. The van der Waals surface area contributed by atoms with Gasteiger partial charge >= 0.3 is 12.1 Å². The summed E-state index contributed by atoms with van der Waals surface area (Å²) in [4.78, 5) is 24.3. The van der Waals surface area contributed by atoms with Crippen molar-refractivity contribution in [1.82, 2.24) is 15.0 Å². The van der Waals surface area contributed by atoms with Crippen molar-refractivity contribution in [2.45, 2.75) is 32.0 Å². The summed E-state index contributed by atoms with van der Waals surface area (Å²) >= 11 is 0. The molecule has 26 heavy (non-hydrogen) atoms. The summed E-state index contributed by atoms with van der Waals surface area (Å²) in [6.07, 6.45) is -2.59. The number of nitrogens with one attached hydrogen (secondary N) is 1. The van der Waals surface area contributed by atoms with E-state index in [1.165, 1.54) is 18.3 Å². The molecule has 0 bridgehead atoms. The SMILES string of the molecule is C[C@H]1CCN1c1nc(Nc2cc(CC(=O)O)ccn2)cc(C(F)(F)F)n1. The minimum atomic E-state index is -4.61. The Labute approximate surface area is 146 Å². The van der Waals surface area contributed by atoms with Crippen LogP contribution in [0.1, 0.15) is 24.6 Å². The smallest absolute Gasteiger partial charge is 0.433 e. The number of halogens is 3. The molecule has 1 atom stereocenters. The number of pyridine rings is 1. The molecule has 2 aromatic rings. The molecular formula is C16H16F3N5O2. The quantitative estimate of drug-likeness (QED) is 0.840. The van der Waals surface area contributed by atoms with Crippen LogP contribution >= 0.6 is 0 Å². The van der Waals surface area contributed by atoms with Gasteiger partial charge in [0.2, 0.25) is 5.95 Å². The first kappa shape index (κ1) is 17.9. The molecule has 1 aliphatic heterocycles. The van der Waals surface area contributed by atoms with Gasteiger partial charge in [-0.25, -0.2) is 9.97 Å². The summed E-state index contributed by atoms with van der Waals surface area (Å²) in [6.45, 7) is 2.48. The lowest BCUT2D eigenvalue weighted by Gasteiger charge is -2.38. The number of nitrogens with zero attached hydrogens (tertiary/aromatic N) is 4. The summed E-state index contributed by atoms with van der Waals surface area (Å²) in [5, 5.41) is 11.5. The fourth-order valence-electron chi connectivity index (χ4n) is 2.54. The molecule has 2 aromatic heterocycles. The maximum absolute atomic E-state index is 13.2. The molecule has 1 saturated heterocycles. The van der Waals surface area contributed by atoms with Crippen LogP contribution in [0.25, 0.3) is 0 Å². The lowest BCUT2D eigenvalue weighted by atomic mass is 10.1. The van der Waals surface area contributed by atoms with E-state index in [1.807, 2.05) is 6.92 Å². The van der Waals surface area contributed by atoms with E-state index in [1.54, 1.807) is 4.90 Å². The van der Waals surface area contributed by atoms with E-state index in [0.717, 1.165) is 12.5 Å². The summed E-state index contributed by atoms with van der Waals surface area (Å²) in [5.41, 5.74) is -0.581. The lowest BCUT2D eigenvalue weighted by Crippen LogP contribution is -2.47. The van der Waals surface area contributed by atoms with Crippen LogP contribution in [-0.4, -0.2) is 38.6 Å². The normalized spacial score (nSPS) is 16.9. The van der Waals surface area contributed by atoms with Crippen LogP contribution in [0.3, 0.4) is 0 Å². The second kappa shape index (κ2) is 6.77. The highest BCUT2D eigenvalue weighted by Gasteiger charge is 2.35. The van der Waals surface area contributed by atoms with Gasteiger partial charge in [0.1, 0.15) is 11.6 Å². The largest absolute Gasteiger partial charge is 0.481 e. The van der Waals surface area contributed by atoms with Crippen molar-refractivity contribution in [3.63, 3.8) is 0 Å². The van der Waals surface area contributed by atoms with E-state index in [0.29, 0.717) is 12.1 Å². The number of carboxylic acids is 1. The number of hydrogen-bond donors (Lipinski definition) is 2. The van der Waals surface area contributed by atoms with Crippen LogP contribution in [0, 0.1) is 0 Å². The van der Waals surface area contributed by atoms with Gasteiger partial charge in [-0.3, -0.25) is 4.79 Å². The summed E-state index contributed by atoms with van der Waals surface area (Å²) in [7, 11) is 0. The average Bonchev–Trinajstić information content (AvgIpc) is 2.52. The number of carboxylic acid groups (broad SMARTS) is 1. The molecule has 7 nitrogen and oxygen atoms in total. The van der Waals surface area contributed by atoms with Crippen molar-refractivity contribution in [2.75, 3.05) is 16.8 Å². The molecule has 0 amide bonds. The van der Waals surface area contributed by atoms with E-state index >= 15 is 0 Å². The van der Waals surface area contributed by atoms with Crippen molar-refractivity contribution in [3.8, 4) is 0 Å². The number of aromatic nitrogens is 3. The Morgan fingerprint density at radius 3 is 2.69 bits per heavy atom. The van der Waals surface area contributed by atoms with Gasteiger partial charge in [0.25, 0.3) is 0 Å². The third kappa shape index (κ3) is 4.01. The number of aliphatic carboxylic acids is 1. The Balaban J connectivity index is 1.91. The van der Waals surface area contributed by atoms with Crippen LogP contribution in [0.5, 0.6) is 0 Å². The topological polar surface area (TPSA) is 91.2 Å².